The van der Waals surface area contributed by atoms with Crippen LogP contribution in [0.3, 0.4) is 0 Å². The third-order valence-corrected chi connectivity index (χ3v) is 5.73. The number of anilines is 1. The zero-order chi connectivity index (χ0) is 22.8. The van der Waals surface area contributed by atoms with Gasteiger partial charge in [0.15, 0.2) is 5.82 Å². The molecule has 3 N–H and O–H groups in total. The molecule has 0 fully saturated rings. The molecule has 3 aromatic rings. The molecule has 0 saturated heterocycles. The van der Waals surface area contributed by atoms with E-state index in [0.717, 1.165) is 17.3 Å². The van der Waals surface area contributed by atoms with Crippen LogP contribution in [0.5, 0.6) is 0 Å². The van der Waals surface area contributed by atoms with E-state index in [0.29, 0.717) is 22.2 Å². The molecule has 0 aliphatic heterocycles. The molecule has 2 aromatic carbocycles. The van der Waals surface area contributed by atoms with Crippen LogP contribution in [-0.4, -0.2) is 31.5 Å². The highest BCUT2D eigenvalue weighted by Gasteiger charge is 2.18. The van der Waals surface area contributed by atoms with Crippen molar-refractivity contribution in [2.24, 2.45) is 0 Å². The summed E-state index contributed by atoms with van der Waals surface area (Å²) in [5.74, 6) is 6.34. The molecule has 162 valence electrons. The molecule has 10 heteroatoms. The summed E-state index contributed by atoms with van der Waals surface area (Å²) in [6, 6.07) is 12.5. The van der Waals surface area contributed by atoms with Crippen LogP contribution in [0.1, 0.15) is 31.9 Å². The molecule has 0 radical (unpaired) electrons. The van der Waals surface area contributed by atoms with Crippen molar-refractivity contribution in [1.29, 1.82) is 0 Å². The lowest BCUT2D eigenvalue weighted by atomic mass is 9.87. The molecule has 1 heterocycles. The van der Waals surface area contributed by atoms with Gasteiger partial charge in [0, 0.05) is 11.6 Å². The van der Waals surface area contributed by atoms with Gasteiger partial charge >= 0.3 is 0 Å². The van der Waals surface area contributed by atoms with Gasteiger partial charge in [0.1, 0.15) is 0 Å². The number of nitro groups is 1. The van der Waals surface area contributed by atoms with Crippen LogP contribution in [0, 0.1) is 17.0 Å². The zero-order valence-electron chi connectivity index (χ0n) is 17.7. The Bertz CT molecular complexity index is 1120. The maximum Gasteiger partial charge on any atom is 0.274 e. The second-order valence-corrected chi connectivity index (χ2v) is 8.99. The predicted molar refractivity (Wildman–Crippen MR) is 121 cm³/mol. The number of thioether (sulfide) groups is 1. The number of nitrogens with two attached hydrogens (primary N) is 1. The van der Waals surface area contributed by atoms with Crippen molar-refractivity contribution < 1.29 is 9.72 Å². The smallest absolute Gasteiger partial charge is 0.274 e. The minimum Gasteiger partial charge on any atom is -0.335 e. The predicted octanol–water partition coefficient (Wildman–Crippen LogP) is 3.90. The number of amides is 1. The van der Waals surface area contributed by atoms with Crippen molar-refractivity contribution in [3.05, 3.63) is 63.7 Å². The highest BCUT2D eigenvalue weighted by atomic mass is 32.2. The molecule has 31 heavy (non-hydrogen) atoms. The van der Waals surface area contributed by atoms with Crippen molar-refractivity contribution in [1.82, 2.24) is 14.9 Å². The largest absolute Gasteiger partial charge is 0.335 e. The van der Waals surface area contributed by atoms with Crippen LogP contribution in [0.4, 0.5) is 11.4 Å². The summed E-state index contributed by atoms with van der Waals surface area (Å²) < 4.78 is 1.35. The summed E-state index contributed by atoms with van der Waals surface area (Å²) >= 11 is 1.13. The van der Waals surface area contributed by atoms with E-state index in [2.05, 4.69) is 36.3 Å². The van der Waals surface area contributed by atoms with Gasteiger partial charge < -0.3 is 11.2 Å². The maximum atomic E-state index is 12.3. The first kappa shape index (κ1) is 22.3. The average molecular weight is 441 g/mol. The van der Waals surface area contributed by atoms with E-state index in [-0.39, 0.29) is 22.8 Å². The molecule has 0 spiro atoms. The Morgan fingerprint density at radius 1 is 1.19 bits per heavy atom. The van der Waals surface area contributed by atoms with Gasteiger partial charge in [0.05, 0.1) is 21.9 Å². The maximum absolute atomic E-state index is 12.3. The lowest BCUT2D eigenvalue weighted by molar-refractivity contribution is -0.385. The summed E-state index contributed by atoms with van der Waals surface area (Å²) in [6.07, 6.45) is 0. The minimum atomic E-state index is -0.480. The van der Waals surface area contributed by atoms with E-state index in [1.54, 1.807) is 13.0 Å². The van der Waals surface area contributed by atoms with Gasteiger partial charge in [0.25, 0.3) is 5.69 Å². The summed E-state index contributed by atoms with van der Waals surface area (Å²) in [7, 11) is 0. The van der Waals surface area contributed by atoms with E-state index in [1.807, 2.05) is 24.3 Å². The first-order chi connectivity index (χ1) is 14.6. The average Bonchev–Trinajstić information content (AvgIpc) is 3.07. The van der Waals surface area contributed by atoms with Crippen LogP contribution >= 0.6 is 11.8 Å². The quantitative estimate of drug-likeness (QED) is 0.257. The number of nitrogens with zero attached hydrogens (tertiary/aromatic N) is 4. The number of nitrogens with one attached hydrogen (secondary N) is 1. The summed E-state index contributed by atoms with van der Waals surface area (Å²) in [5, 5.41) is 22.4. The third kappa shape index (κ3) is 5.02. The lowest BCUT2D eigenvalue weighted by Gasteiger charge is -2.19. The number of nitrogen functional groups attached to an aromatic ring is 1. The number of hydrogen-bond acceptors (Lipinski definition) is 7. The van der Waals surface area contributed by atoms with Crippen LogP contribution in [0.15, 0.2) is 47.6 Å². The Morgan fingerprint density at radius 2 is 1.87 bits per heavy atom. The Morgan fingerprint density at radius 3 is 2.48 bits per heavy atom. The van der Waals surface area contributed by atoms with Gasteiger partial charge in [-0.3, -0.25) is 14.9 Å². The third-order valence-electron chi connectivity index (χ3n) is 4.78. The molecule has 0 aliphatic carbocycles. The Balaban J connectivity index is 1.67. The highest BCUT2D eigenvalue weighted by molar-refractivity contribution is 7.99. The van der Waals surface area contributed by atoms with Crippen LogP contribution in [0.2, 0.25) is 0 Å². The zero-order valence-corrected chi connectivity index (χ0v) is 18.6. The van der Waals surface area contributed by atoms with Crippen molar-refractivity contribution in [3.63, 3.8) is 0 Å². The first-order valence-corrected chi connectivity index (χ1v) is 10.5. The number of nitro benzene ring substituents is 1. The number of rotatable bonds is 6. The van der Waals surface area contributed by atoms with Gasteiger partial charge in [-0.15, -0.1) is 10.2 Å². The minimum absolute atomic E-state index is 0.0282. The molecule has 0 saturated carbocycles. The molecular weight excluding hydrogens is 416 g/mol. The summed E-state index contributed by atoms with van der Waals surface area (Å²) in [6.45, 7) is 8.02. The Labute approximate surface area is 184 Å². The second kappa shape index (κ2) is 8.76. The molecule has 9 nitrogen and oxygen atoms in total. The summed E-state index contributed by atoms with van der Waals surface area (Å²) in [5.41, 5.74) is 2.81. The van der Waals surface area contributed by atoms with Gasteiger partial charge in [0.2, 0.25) is 11.1 Å². The topological polar surface area (TPSA) is 129 Å². The fourth-order valence-electron chi connectivity index (χ4n) is 2.96. The fourth-order valence-corrected chi connectivity index (χ4v) is 3.62. The number of aromatic nitrogens is 3. The molecule has 1 amide bonds. The normalized spacial score (nSPS) is 11.4. The highest BCUT2D eigenvalue weighted by Crippen LogP contribution is 2.27. The SMILES string of the molecule is Cc1c(NC(=O)CSc2nnc(-c3ccc(C(C)(C)C)cc3)n2N)cccc1[N+](=O)[O-]. The Hall–Kier alpha value is -3.40. The molecule has 0 unspecified atom stereocenters. The number of carbonyl (C=O) groups is 1. The monoisotopic (exact) mass is 440 g/mol. The number of hydrogen-bond donors (Lipinski definition) is 2. The van der Waals surface area contributed by atoms with E-state index in [9.17, 15) is 14.9 Å². The second-order valence-electron chi connectivity index (χ2n) is 8.05. The van der Waals surface area contributed by atoms with Crippen molar-refractivity contribution in [2.45, 2.75) is 38.3 Å². The molecule has 0 bridgehead atoms. The fraction of sp³-hybridized carbons (Fsp3) is 0.286. The number of carbonyl (C=O) groups excluding carboxylic acids is 1. The molecule has 1 aromatic heterocycles. The first-order valence-electron chi connectivity index (χ1n) is 9.56. The molecular formula is C21H24N6O3S. The van der Waals surface area contributed by atoms with Crippen LogP contribution in [-0.2, 0) is 10.2 Å². The molecule has 0 aliphatic rings. The molecule has 0 atom stereocenters. The van der Waals surface area contributed by atoms with Crippen molar-refractivity contribution in [2.75, 3.05) is 16.9 Å². The summed E-state index contributed by atoms with van der Waals surface area (Å²) in [4.78, 5) is 22.9. The van der Waals surface area contributed by atoms with E-state index in [4.69, 9.17) is 5.84 Å². The van der Waals surface area contributed by atoms with Gasteiger partial charge in [-0.25, -0.2) is 4.68 Å². The number of benzene rings is 2. The van der Waals surface area contributed by atoms with Crippen molar-refractivity contribution >= 4 is 29.0 Å². The van der Waals surface area contributed by atoms with E-state index in [1.165, 1.54) is 22.4 Å². The van der Waals surface area contributed by atoms with Gasteiger partial charge in [-0.2, -0.15) is 0 Å². The van der Waals surface area contributed by atoms with Gasteiger partial charge in [-0.05, 0) is 24.0 Å². The Kier molecular flexibility index (Phi) is 6.30. The van der Waals surface area contributed by atoms with E-state index < -0.39 is 4.92 Å². The lowest BCUT2D eigenvalue weighted by Crippen LogP contribution is -2.17. The van der Waals surface area contributed by atoms with E-state index >= 15 is 0 Å². The van der Waals surface area contributed by atoms with Crippen LogP contribution in [0.25, 0.3) is 11.4 Å². The van der Waals surface area contributed by atoms with Crippen LogP contribution < -0.4 is 11.2 Å². The van der Waals surface area contributed by atoms with Crippen molar-refractivity contribution in [3.8, 4) is 11.4 Å². The van der Waals surface area contributed by atoms with Gasteiger partial charge in [-0.1, -0.05) is 62.9 Å². The standard InChI is InChI=1S/C21H24N6O3S/c1-13-16(6-5-7-17(13)27(29)30)23-18(28)12-31-20-25-24-19(26(20)22)14-8-10-15(11-9-14)21(2,3)4/h5-11H,12,22H2,1-4H3,(H,23,28). The molecule has 3 rings (SSSR count).